The number of nitrogens with one attached hydrogen (secondary N) is 3. The minimum absolute atomic E-state index is 0.125. The van der Waals surface area contributed by atoms with Crippen molar-refractivity contribution in [2.24, 2.45) is 0 Å². The summed E-state index contributed by atoms with van der Waals surface area (Å²) in [5.41, 5.74) is 3.74. The predicted molar refractivity (Wildman–Crippen MR) is 130 cm³/mol. The number of aromatic nitrogens is 2. The van der Waals surface area contributed by atoms with Gasteiger partial charge in [0.2, 0.25) is 5.88 Å². The fourth-order valence-electron chi connectivity index (χ4n) is 3.07. The number of nitrogens with zero attached hydrogens (tertiary/aromatic N) is 1. The topological polar surface area (TPSA) is 105 Å². The zero-order valence-electron chi connectivity index (χ0n) is 18.4. The molecule has 0 saturated carbocycles. The van der Waals surface area contributed by atoms with Gasteiger partial charge in [0.15, 0.2) is 0 Å². The minimum atomic E-state index is -0.615. The van der Waals surface area contributed by atoms with Crippen LogP contribution in [0, 0.1) is 6.92 Å². The van der Waals surface area contributed by atoms with Crippen LogP contribution in [0.15, 0.2) is 73.1 Å². The van der Waals surface area contributed by atoms with Gasteiger partial charge in [-0.15, -0.1) is 0 Å². The number of carbonyl (C=O) groups excluding carboxylic acids is 2. The lowest BCUT2D eigenvalue weighted by Gasteiger charge is -2.08. The Bertz CT molecular complexity index is 1340. The summed E-state index contributed by atoms with van der Waals surface area (Å²) in [7, 11) is 1.46. The smallest absolute Gasteiger partial charge is 0.413 e. The van der Waals surface area contributed by atoms with Crippen molar-refractivity contribution >= 4 is 29.3 Å². The Morgan fingerprint density at radius 3 is 2.50 bits per heavy atom. The number of ether oxygens (including phenoxy) is 2. The van der Waals surface area contributed by atoms with E-state index in [1.54, 1.807) is 42.6 Å². The van der Waals surface area contributed by atoms with Crippen molar-refractivity contribution in [3.63, 3.8) is 0 Å². The minimum Gasteiger partial charge on any atom is -0.457 e. The van der Waals surface area contributed by atoms with Gasteiger partial charge in [-0.25, -0.2) is 9.78 Å². The van der Waals surface area contributed by atoms with Gasteiger partial charge >= 0.3 is 6.09 Å². The first-order chi connectivity index (χ1) is 16.4. The molecular weight excluding hydrogens is 456 g/mol. The summed E-state index contributed by atoms with van der Waals surface area (Å²) in [6.45, 7) is 1.90. The molecule has 4 aromatic rings. The van der Waals surface area contributed by atoms with Gasteiger partial charge in [0.05, 0.1) is 0 Å². The van der Waals surface area contributed by atoms with Crippen molar-refractivity contribution in [1.29, 1.82) is 0 Å². The molecule has 0 saturated heterocycles. The van der Waals surface area contributed by atoms with Gasteiger partial charge in [0, 0.05) is 36.2 Å². The monoisotopic (exact) mass is 476 g/mol. The van der Waals surface area contributed by atoms with Crippen LogP contribution >= 0.6 is 11.6 Å². The van der Waals surface area contributed by atoms with Crippen LogP contribution in [-0.2, 0) is 0 Å². The zero-order valence-corrected chi connectivity index (χ0v) is 19.1. The molecule has 0 atom stereocenters. The van der Waals surface area contributed by atoms with Gasteiger partial charge in [-0.05, 0) is 60.0 Å². The average molecular weight is 477 g/mol. The summed E-state index contributed by atoms with van der Waals surface area (Å²) in [5.74, 6) is 0.919. The van der Waals surface area contributed by atoms with Crippen LogP contribution in [0.25, 0.3) is 11.1 Å². The molecule has 0 fully saturated rings. The SMILES string of the molecule is CNC(=O)Oc1cc(Oc2ccc(-c3c[nH]c(C(=O)Nc4ccc(C)c(Cl)c4)c3)cc2)ccn1. The third-order valence-corrected chi connectivity index (χ3v) is 5.30. The number of hydrogen-bond donors (Lipinski definition) is 3. The molecule has 0 spiro atoms. The van der Waals surface area contributed by atoms with Gasteiger partial charge in [-0.1, -0.05) is 29.8 Å². The van der Waals surface area contributed by atoms with E-state index < -0.39 is 6.09 Å². The summed E-state index contributed by atoms with van der Waals surface area (Å²) >= 11 is 6.13. The van der Waals surface area contributed by atoms with Crippen LogP contribution in [0.1, 0.15) is 16.1 Å². The van der Waals surface area contributed by atoms with Crippen molar-refractivity contribution in [2.45, 2.75) is 6.92 Å². The molecule has 2 aromatic heterocycles. The van der Waals surface area contributed by atoms with Crippen LogP contribution in [0.2, 0.25) is 5.02 Å². The summed E-state index contributed by atoms with van der Waals surface area (Å²) in [5, 5.41) is 5.78. The molecule has 4 rings (SSSR count). The number of benzene rings is 2. The second kappa shape index (κ2) is 10.1. The summed E-state index contributed by atoms with van der Waals surface area (Å²) in [6.07, 6.45) is 2.63. The molecule has 0 unspecified atom stereocenters. The Morgan fingerprint density at radius 2 is 1.76 bits per heavy atom. The maximum atomic E-state index is 12.6. The number of pyridine rings is 1. The Morgan fingerprint density at radius 1 is 0.971 bits per heavy atom. The number of aryl methyl sites for hydroxylation is 1. The van der Waals surface area contributed by atoms with Crippen LogP contribution in [-0.4, -0.2) is 29.0 Å². The van der Waals surface area contributed by atoms with Gasteiger partial charge in [0.1, 0.15) is 17.2 Å². The molecule has 2 aromatic carbocycles. The third kappa shape index (κ3) is 5.54. The summed E-state index contributed by atoms with van der Waals surface area (Å²) < 4.78 is 10.8. The molecule has 0 aliphatic rings. The standard InChI is InChI=1S/C25H21ClN4O4/c1-15-3-6-18(12-21(15)26)30-24(31)22-11-17(14-29-22)16-4-7-19(8-5-16)33-20-9-10-28-23(13-20)34-25(32)27-2/h3-14,29H,1-2H3,(H,27,32)(H,30,31). The average Bonchev–Trinajstić information content (AvgIpc) is 3.33. The first-order valence-corrected chi connectivity index (χ1v) is 10.7. The second-order valence-corrected chi connectivity index (χ2v) is 7.72. The molecule has 0 aliphatic heterocycles. The first kappa shape index (κ1) is 22.9. The largest absolute Gasteiger partial charge is 0.457 e. The highest BCUT2D eigenvalue weighted by atomic mass is 35.5. The van der Waals surface area contributed by atoms with Crippen LogP contribution in [0.5, 0.6) is 17.4 Å². The highest BCUT2D eigenvalue weighted by molar-refractivity contribution is 6.31. The lowest BCUT2D eigenvalue weighted by molar-refractivity contribution is 0.102. The normalized spacial score (nSPS) is 10.4. The molecule has 0 aliphatic carbocycles. The van der Waals surface area contributed by atoms with Crippen molar-refractivity contribution in [3.8, 4) is 28.5 Å². The van der Waals surface area contributed by atoms with Gasteiger partial charge in [0.25, 0.3) is 5.91 Å². The molecule has 34 heavy (non-hydrogen) atoms. The lowest BCUT2D eigenvalue weighted by atomic mass is 10.1. The van der Waals surface area contributed by atoms with Crippen LogP contribution in [0.4, 0.5) is 10.5 Å². The van der Waals surface area contributed by atoms with E-state index >= 15 is 0 Å². The Kier molecular flexibility index (Phi) is 6.79. The molecule has 9 heteroatoms. The molecule has 2 amide bonds. The van der Waals surface area contributed by atoms with E-state index in [4.69, 9.17) is 21.1 Å². The number of hydrogen-bond acceptors (Lipinski definition) is 5. The van der Waals surface area contributed by atoms with Crippen LogP contribution < -0.4 is 20.1 Å². The number of halogens is 1. The van der Waals surface area contributed by atoms with Gasteiger partial charge in [-0.3, -0.25) is 4.79 Å². The maximum Gasteiger partial charge on any atom is 0.413 e. The summed E-state index contributed by atoms with van der Waals surface area (Å²) in [4.78, 5) is 30.9. The Labute approximate surface area is 200 Å². The number of rotatable bonds is 6. The summed E-state index contributed by atoms with van der Waals surface area (Å²) in [6, 6.07) is 17.7. The van der Waals surface area contributed by atoms with E-state index in [2.05, 4.69) is 20.6 Å². The molecule has 0 bridgehead atoms. The predicted octanol–water partition coefficient (Wildman–Crippen LogP) is 5.80. The van der Waals surface area contributed by atoms with E-state index in [0.717, 1.165) is 16.7 Å². The second-order valence-electron chi connectivity index (χ2n) is 7.32. The molecule has 3 N–H and O–H groups in total. The van der Waals surface area contributed by atoms with Crippen molar-refractivity contribution < 1.29 is 19.1 Å². The Hall–Kier alpha value is -4.30. The first-order valence-electron chi connectivity index (χ1n) is 10.3. The highest BCUT2D eigenvalue weighted by Gasteiger charge is 2.11. The fraction of sp³-hybridized carbons (Fsp3) is 0.0800. The molecule has 0 radical (unpaired) electrons. The number of carbonyl (C=O) groups is 2. The highest BCUT2D eigenvalue weighted by Crippen LogP contribution is 2.28. The van der Waals surface area contributed by atoms with Crippen molar-refractivity contribution in [1.82, 2.24) is 15.3 Å². The number of amides is 2. The van der Waals surface area contributed by atoms with Gasteiger partial charge < -0.3 is 25.1 Å². The molecule has 2 heterocycles. The quantitative estimate of drug-likeness (QED) is 0.326. The number of anilines is 1. The number of aromatic amines is 1. The fourth-order valence-corrected chi connectivity index (χ4v) is 3.25. The lowest BCUT2D eigenvalue weighted by Crippen LogP contribution is -2.22. The molecule has 172 valence electrons. The Balaban J connectivity index is 1.41. The van der Waals surface area contributed by atoms with E-state index in [-0.39, 0.29) is 11.8 Å². The molecular formula is C25H21ClN4O4. The van der Waals surface area contributed by atoms with E-state index in [9.17, 15) is 9.59 Å². The van der Waals surface area contributed by atoms with Crippen molar-refractivity contribution in [2.75, 3.05) is 12.4 Å². The van der Waals surface area contributed by atoms with E-state index in [1.807, 2.05) is 25.1 Å². The van der Waals surface area contributed by atoms with Gasteiger partial charge in [-0.2, -0.15) is 0 Å². The van der Waals surface area contributed by atoms with E-state index in [0.29, 0.717) is 27.9 Å². The van der Waals surface area contributed by atoms with Crippen molar-refractivity contribution in [3.05, 3.63) is 89.3 Å². The zero-order chi connectivity index (χ0) is 24.1. The number of H-pyrrole nitrogens is 1. The van der Waals surface area contributed by atoms with Crippen LogP contribution in [0.3, 0.4) is 0 Å². The maximum absolute atomic E-state index is 12.6. The molecule has 8 nitrogen and oxygen atoms in total. The third-order valence-electron chi connectivity index (χ3n) is 4.89. The van der Waals surface area contributed by atoms with E-state index in [1.165, 1.54) is 19.3 Å².